The molecule has 0 aliphatic rings. The molecule has 3 aromatic rings. The molecule has 0 bridgehead atoms. The van der Waals surface area contributed by atoms with E-state index in [-0.39, 0.29) is 0 Å². The van der Waals surface area contributed by atoms with Gasteiger partial charge in [-0.25, -0.2) is 0 Å². The largest absolute Gasteiger partial charge is 0.496 e. The molecule has 7 heteroatoms. The molecule has 2 heterocycles. The lowest BCUT2D eigenvalue weighted by Gasteiger charge is -2.05. The Labute approximate surface area is 140 Å². The van der Waals surface area contributed by atoms with E-state index in [1.165, 1.54) is 11.8 Å². The number of furan rings is 1. The fourth-order valence-corrected chi connectivity index (χ4v) is 3.22. The molecule has 0 amide bonds. The second-order valence-electron chi connectivity index (χ2n) is 4.52. The van der Waals surface area contributed by atoms with Crippen molar-refractivity contribution in [3.63, 3.8) is 0 Å². The normalized spacial score (nSPS) is 10.9. The van der Waals surface area contributed by atoms with Gasteiger partial charge in [-0.2, -0.15) is 0 Å². The minimum absolute atomic E-state index is 0.477. The number of halogens is 1. The van der Waals surface area contributed by atoms with Gasteiger partial charge in [0.25, 0.3) is 11.1 Å². The molecule has 0 spiro atoms. The number of hydrogen-bond acceptors (Lipinski definition) is 6. The van der Waals surface area contributed by atoms with Crippen molar-refractivity contribution in [2.24, 2.45) is 0 Å². The first kappa shape index (κ1) is 15.2. The Morgan fingerprint density at radius 1 is 1.27 bits per heavy atom. The fourth-order valence-electron chi connectivity index (χ4n) is 1.93. The number of aryl methyl sites for hydroxylation is 1. The minimum Gasteiger partial charge on any atom is -0.496 e. The van der Waals surface area contributed by atoms with Gasteiger partial charge in [0.1, 0.15) is 11.5 Å². The SMILES string of the molecule is COc1ccc(CSc2nnc(-c3ccoc3C)o2)cc1Br. The summed E-state index contributed by atoms with van der Waals surface area (Å²) >= 11 is 4.96. The third-order valence-corrected chi connectivity index (χ3v) is 4.58. The summed E-state index contributed by atoms with van der Waals surface area (Å²) in [5.74, 6) is 2.78. The van der Waals surface area contributed by atoms with Gasteiger partial charge in [0.05, 0.1) is 23.4 Å². The van der Waals surface area contributed by atoms with Gasteiger partial charge in [-0.3, -0.25) is 0 Å². The predicted octanol–water partition coefficient (Wildman–Crippen LogP) is 4.70. The highest BCUT2D eigenvalue weighted by molar-refractivity contribution is 9.10. The summed E-state index contributed by atoms with van der Waals surface area (Å²) in [7, 11) is 1.65. The molecule has 0 unspecified atom stereocenters. The van der Waals surface area contributed by atoms with Crippen LogP contribution in [-0.4, -0.2) is 17.3 Å². The highest BCUT2D eigenvalue weighted by Crippen LogP contribution is 2.30. The molecule has 2 aromatic heterocycles. The van der Waals surface area contributed by atoms with E-state index in [9.17, 15) is 0 Å². The van der Waals surface area contributed by atoms with Crippen LogP contribution in [0, 0.1) is 6.92 Å². The summed E-state index contributed by atoms with van der Waals surface area (Å²) in [6.45, 7) is 1.86. The molecular formula is C15H13BrN2O3S. The highest BCUT2D eigenvalue weighted by atomic mass is 79.9. The molecule has 0 fully saturated rings. The van der Waals surface area contributed by atoms with Crippen LogP contribution in [0.2, 0.25) is 0 Å². The van der Waals surface area contributed by atoms with Gasteiger partial charge in [0, 0.05) is 5.75 Å². The molecular weight excluding hydrogens is 368 g/mol. The van der Waals surface area contributed by atoms with Crippen LogP contribution in [0.3, 0.4) is 0 Å². The summed E-state index contributed by atoms with van der Waals surface area (Å²) in [6.07, 6.45) is 1.61. The van der Waals surface area contributed by atoms with Crippen LogP contribution in [0.15, 0.2) is 49.1 Å². The van der Waals surface area contributed by atoms with Crippen LogP contribution in [0.5, 0.6) is 5.75 Å². The van der Waals surface area contributed by atoms with Crippen molar-refractivity contribution in [1.29, 1.82) is 0 Å². The zero-order chi connectivity index (χ0) is 15.5. The lowest BCUT2D eigenvalue weighted by molar-refractivity contribution is 0.412. The molecule has 0 radical (unpaired) electrons. The van der Waals surface area contributed by atoms with Crippen LogP contribution in [0.1, 0.15) is 11.3 Å². The molecule has 0 aliphatic heterocycles. The van der Waals surface area contributed by atoms with Crippen LogP contribution >= 0.6 is 27.7 Å². The third-order valence-electron chi connectivity index (χ3n) is 3.07. The Kier molecular flexibility index (Phi) is 4.54. The van der Waals surface area contributed by atoms with E-state index in [4.69, 9.17) is 13.6 Å². The predicted molar refractivity (Wildman–Crippen MR) is 87.0 cm³/mol. The summed E-state index contributed by atoms with van der Waals surface area (Å²) in [6, 6.07) is 7.77. The van der Waals surface area contributed by atoms with Crippen molar-refractivity contribution in [3.05, 3.63) is 46.3 Å². The first-order valence-electron chi connectivity index (χ1n) is 6.50. The molecule has 0 saturated heterocycles. The molecule has 0 N–H and O–H groups in total. The Morgan fingerprint density at radius 2 is 2.14 bits per heavy atom. The molecule has 114 valence electrons. The van der Waals surface area contributed by atoms with E-state index in [1.54, 1.807) is 13.4 Å². The third kappa shape index (κ3) is 3.20. The first-order valence-corrected chi connectivity index (χ1v) is 8.28. The molecule has 0 saturated carbocycles. The smallest absolute Gasteiger partial charge is 0.277 e. The van der Waals surface area contributed by atoms with Gasteiger partial charge in [-0.15, -0.1) is 10.2 Å². The first-order chi connectivity index (χ1) is 10.7. The average molecular weight is 381 g/mol. The van der Waals surface area contributed by atoms with E-state index in [1.807, 2.05) is 31.2 Å². The van der Waals surface area contributed by atoms with Gasteiger partial charge < -0.3 is 13.6 Å². The molecule has 22 heavy (non-hydrogen) atoms. The van der Waals surface area contributed by atoms with Gasteiger partial charge in [-0.1, -0.05) is 17.8 Å². The topological polar surface area (TPSA) is 61.3 Å². The number of thioether (sulfide) groups is 1. The Morgan fingerprint density at radius 3 is 2.82 bits per heavy atom. The van der Waals surface area contributed by atoms with Crippen LogP contribution < -0.4 is 4.74 Å². The van der Waals surface area contributed by atoms with Crippen molar-refractivity contribution in [3.8, 4) is 17.2 Å². The lowest BCUT2D eigenvalue weighted by atomic mass is 10.2. The number of methoxy groups -OCH3 is 1. The van der Waals surface area contributed by atoms with Crippen molar-refractivity contribution < 1.29 is 13.6 Å². The number of ether oxygens (including phenoxy) is 1. The van der Waals surface area contributed by atoms with Gasteiger partial charge in [0.2, 0.25) is 0 Å². The van der Waals surface area contributed by atoms with E-state index >= 15 is 0 Å². The van der Waals surface area contributed by atoms with Gasteiger partial charge in [0.15, 0.2) is 0 Å². The molecule has 1 aromatic carbocycles. The summed E-state index contributed by atoms with van der Waals surface area (Å²) in [5.41, 5.74) is 1.96. The summed E-state index contributed by atoms with van der Waals surface area (Å²) in [5, 5.41) is 8.63. The maximum atomic E-state index is 5.65. The number of hydrogen-bond donors (Lipinski definition) is 0. The van der Waals surface area contributed by atoms with E-state index < -0.39 is 0 Å². The zero-order valence-corrected chi connectivity index (χ0v) is 14.4. The van der Waals surface area contributed by atoms with Gasteiger partial charge >= 0.3 is 0 Å². The minimum atomic E-state index is 0.477. The Hall–Kier alpha value is -1.73. The molecule has 0 atom stereocenters. The molecule has 3 rings (SSSR count). The highest BCUT2D eigenvalue weighted by Gasteiger charge is 2.13. The maximum absolute atomic E-state index is 5.65. The molecule has 5 nitrogen and oxygen atoms in total. The number of nitrogens with zero attached hydrogens (tertiary/aromatic N) is 2. The summed E-state index contributed by atoms with van der Waals surface area (Å²) < 4.78 is 17.0. The van der Waals surface area contributed by atoms with Crippen molar-refractivity contribution in [2.75, 3.05) is 7.11 Å². The fraction of sp³-hybridized carbons (Fsp3) is 0.200. The van der Waals surface area contributed by atoms with Crippen LogP contribution in [-0.2, 0) is 5.75 Å². The van der Waals surface area contributed by atoms with Crippen molar-refractivity contribution >= 4 is 27.7 Å². The number of benzene rings is 1. The van der Waals surface area contributed by atoms with Gasteiger partial charge in [-0.05, 0) is 46.6 Å². The number of aromatic nitrogens is 2. The van der Waals surface area contributed by atoms with Crippen molar-refractivity contribution in [2.45, 2.75) is 17.9 Å². The Balaban J connectivity index is 1.68. The monoisotopic (exact) mass is 380 g/mol. The second-order valence-corrected chi connectivity index (χ2v) is 6.30. The van der Waals surface area contributed by atoms with Crippen LogP contribution in [0.4, 0.5) is 0 Å². The second kappa shape index (κ2) is 6.58. The molecule has 0 aliphatic carbocycles. The summed E-state index contributed by atoms with van der Waals surface area (Å²) in [4.78, 5) is 0. The van der Waals surface area contributed by atoms with E-state index in [0.29, 0.717) is 11.1 Å². The number of rotatable bonds is 5. The zero-order valence-electron chi connectivity index (χ0n) is 12.0. The average Bonchev–Trinajstić information content (AvgIpc) is 3.13. The standard InChI is InChI=1S/C15H13BrN2O3S/c1-9-11(5-6-20-9)14-17-18-15(21-14)22-8-10-3-4-13(19-2)12(16)7-10/h3-7H,8H2,1-2H3. The Bertz CT molecular complexity index is 785. The van der Waals surface area contributed by atoms with Crippen LogP contribution in [0.25, 0.3) is 11.5 Å². The lowest BCUT2D eigenvalue weighted by Crippen LogP contribution is -1.86. The quantitative estimate of drug-likeness (QED) is 0.597. The maximum Gasteiger partial charge on any atom is 0.277 e. The van der Waals surface area contributed by atoms with E-state index in [2.05, 4.69) is 26.1 Å². The van der Waals surface area contributed by atoms with E-state index in [0.717, 1.165) is 32.9 Å². The van der Waals surface area contributed by atoms with Crippen molar-refractivity contribution in [1.82, 2.24) is 10.2 Å².